The van der Waals surface area contributed by atoms with E-state index in [0.29, 0.717) is 30.5 Å². The van der Waals surface area contributed by atoms with Crippen LogP contribution < -0.4 is 4.74 Å². The van der Waals surface area contributed by atoms with Crippen LogP contribution in [0.2, 0.25) is 5.02 Å². The van der Waals surface area contributed by atoms with E-state index in [-0.39, 0.29) is 24.2 Å². The molecule has 1 atom stereocenters. The Bertz CT molecular complexity index is 557. The number of carbonyl (C=O) groups is 1. The lowest BCUT2D eigenvalue weighted by Crippen LogP contribution is -2.67. The third kappa shape index (κ3) is 3.97. The van der Waals surface area contributed by atoms with Crippen molar-refractivity contribution in [3.8, 4) is 5.75 Å². The van der Waals surface area contributed by atoms with E-state index < -0.39 is 0 Å². The van der Waals surface area contributed by atoms with Gasteiger partial charge in [-0.15, -0.1) is 0 Å². The minimum absolute atomic E-state index is 0.0192. The standard InChI is InChI=1S/C17H22ClNO4/c1-2-21-15-6-7-23-17(9-15)11-19(12-17)16(20)10-22-14-5-3-4-13(18)8-14/h3-5,8,15H,2,6-7,9-12H2,1H3/t15-/m0/s1. The first kappa shape index (κ1) is 16.6. The molecule has 0 aromatic heterocycles. The minimum Gasteiger partial charge on any atom is -0.484 e. The Morgan fingerprint density at radius 2 is 2.30 bits per heavy atom. The zero-order chi connectivity index (χ0) is 16.3. The first-order chi connectivity index (χ1) is 11.1. The number of amides is 1. The minimum atomic E-state index is -0.218. The van der Waals surface area contributed by atoms with Crippen LogP contribution >= 0.6 is 11.6 Å². The van der Waals surface area contributed by atoms with Crippen LogP contribution in [0.15, 0.2) is 24.3 Å². The maximum Gasteiger partial charge on any atom is 0.260 e. The predicted octanol–water partition coefficient (Wildman–Crippen LogP) is 2.52. The molecule has 0 radical (unpaired) electrons. The van der Waals surface area contributed by atoms with E-state index in [1.165, 1.54) is 0 Å². The summed E-state index contributed by atoms with van der Waals surface area (Å²) in [6.45, 7) is 4.68. The lowest BCUT2D eigenvalue weighted by atomic mass is 9.84. The lowest BCUT2D eigenvalue weighted by molar-refractivity contribution is -0.201. The molecule has 0 saturated carbocycles. The van der Waals surface area contributed by atoms with E-state index in [1.54, 1.807) is 29.2 Å². The Labute approximate surface area is 141 Å². The number of rotatable bonds is 5. The van der Waals surface area contributed by atoms with E-state index in [1.807, 2.05) is 6.92 Å². The van der Waals surface area contributed by atoms with Crippen molar-refractivity contribution in [3.05, 3.63) is 29.3 Å². The molecular weight excluding hydrogens is 318 g/mol. The number of nitrogens with zero attached hydrogens (tertiary/aromatic N) is 1. The van der Waals surface area contributed by atoms with Gasteiger partial charge in [0.05, 0.1) is 19.2 Å². The highest BCUT2D eigenvalue weighted by Gasteiger charge is 2.49. The van der Waals surface area contributed by atoms with Gasteiger partial charge in [-0.05, 0) is 31.5 Å². The summed E-state index contributed by atoms with van der Waals surface area (Å²) >= 11 is 5.89. The van der Waals surface area contributed by atoms with Crippen LogP contribution in [0.5, 0.6) is 5.75 Å². The van der Waals surface area contributed by atoms with Gasteiger partial charge in [0.2, 0.25) is 0 Å². The van der Waals surface area contributed by atoms with Crippen LogP contribution in [0.3, 0.4) is 0 Å². The lowest BCUT2D eigenvalue weighted by Gasteiger charge is -2.52. The van der Waals surface area contributed by atoms with Gasteiger partial charge in [0.1, 0.15) is 11.4 Å². The van der Waals surface area contributed by atoms with E-state index in [2.05, 4.69) is 0 Å². The first-order valence-electron chi connectivity index (χ1n) is 8.02. The number of benzene rings is 1. The molecule has 3 rings (SSSR count). The molecule has 23 heavy (non-hydrogen) atoms. The summed E-state index contributed by atoms with van der Waals surface area (Å²) in [5.41, 5.74) is -0.218. The largest absolute Gasteiger partial charge is 0.484 e. The average molecular weight is 340 g/mol. The van der Waals surface area contributed by atoms with Crippen LogP contribution in [0, 0.1) is 0 Å². The summed E-state index contributed by atoms with van der Waals surface area (Å²) in [4.78, 5) is 14.0. The molecule has 0 bridgehead atoms. The summed E-state index contributed by atoms with van der Waals surface area (Å²) < 4.78 is 17.1. The van der Waals surface area contributed by atoms with Gasteiger partial charge in [-0.3, -0.25) is 4.79 Å². The number of hydrogen-bond donors (Lipinski definition) is 0. The van der Waals surface area contributed by atoms with Gasteiger partial charge < -0.3 is 19.1 Å². The molecule has 1 aromatic carbocycles. The van der Waals surface area contributed by atoms with Gasteiger partial charge in [-0.25, -0.2) is 0 Å². The second-order valence-electron chi connectivity index (χ2n) is 6.10. The van der Waals surface area contributed by atoms with Gasteiger partial charge in [0.25, 0.3) is 5.91 Å². The Kier molecular flexibility index (Phi) is 5.09. The Morgan fingerprint density at radius 1 is 1.48 bits per heavy atom. The molecule has 2 aliphatic rings. The number of carbonyl (C=O) groups excluding carboxylic acids is 1. The van der Waals surface area contributed by atoms with Crippen molar-refractivity contribution in [1.82, 2.24) is 4.90 Å². The highest BCUT2D eigenvalue weighted by molar-refractivity contribution is 6.30. The van der Waals surface area contributed by atoms with Crippen molar-refractivity contribution >= 4 is 17.5 Å². The molecule has 2 heterocycles. The molecule has 2 fully saturated rings. The third-order valence-electron chi connectivity index (χ3n) is 4.32. The highest BCUT2D eigenvalue weighted by Crippen LogP contribution is 2.35. The number of halogens is 1. The maximum absolute atomic E-state index is 12.2. The molecule has 5 nitrogen and oxygen atoms in total. The summed E-state index contributed by atoms with van der Waals surface area (Å²) in [7, 11) is 0. The van der Waals surface area contributed by atoms with Crippen molar-refractivity contribution < 1.29 is 19.0 Å². The zero-order valence-corrected chi connectivity index (χ0v) is 14.1. The summed E-state index contributed by atoms with van der Waals surface area (Å²) in [6.07, 6.45) is 2.04. The molecule has 0 N–H and O–H groups in total. The molecule has 1 spiro atoms. The Balaban J connectivity index is 1.46. The fraction of sp³-hybridized carbons (Fsp3) is 0.588. The second kappa shape index (κ2) is 7.07. The summed E-state index contributed by atoms with van der Waals surface area (Å²) in [5.74, 6) is 0.573. The van der Waals surface area contributed by atoms with Crippen LogP contribution in [0.4, 0.5) is 0 Å². The van der Waals surface area contributed by atoms with E-state index in [0.717, 1.165) is 19.4 Å². The van der Waals surface area contributed by atoms with Gasteiger partial charge >= 0.3 is 0 Å². The summed E-state index contributed by atoms with van der Waals surface area (Å²) in [5, 5.41) is 0.593. The normalized spacial score (nSPS) is 22.7. The van der Waals surface area contributed by atoms with Gasteiger partial charge in [-0.2, -0.15) is 0 Å². The fourth-order valence-corrected chi connectivity index (χ4v) is 3.38. The van der Waals surface area contributed by atoms with Crippen LogP contribution in [0.1, 0.15) is 19.8 Å². The second-order valence-corrected chi connectivity index (χ2v) is 6.53. The van der Waals surface area contributed by atoms with E-state index in [4.69, 9.17) is 25.8 Å². The molecule has 1 aromatic rings. The molecule has 126 valence electrons. The fourth-order valence-electron chi connectivity index (χ4n) is 3.20. The van der Waals surface area contributed by atoms with Crippen molar-refractivity contribution in [2.45, 2.75) is 31.5 Å². The van der Waals surface area contributed by atoms with Crippen LogP contribution in [-0.4, -0.2) is 55.4 Å². The van der Waals surface area contributed by atoms with Crippen molar-refractivity contribution in [3.63, 3.8) is 0 Å². The summed E-state index contributed by atoms with van der Waals surface area (Å²) in [6, 6.07) is 7.05. The Hall–Kier alpha value is -1.30. The van der Waals surface area contributed by atoms with Crippen LogP contribution in [0.25, 0.3) is 0 Å². The quantitative estimate of drug-likeness (QED) is 0.827. The topological polar surface area (TPSA) is 48.0 Å². The van der Waals surface area contributed by atoms with Gasteiger partial charge in [0.15, 0.2) is 6.61 Å². The molecule has 2 saturated heterocycles. The van der Waals surface area contributed by atoms with E-state index in [9.17, 15) is 4.79 Å². The monoisotopic (exact) mass is 339 g/mol. The van der Waals surface area contributed by atoms with Gasteiger partial charge in [-0.1, -0.05) is 17.7 Å². The van der Waals surface area contributed by atoms with Crippen LogP contribution in [-0.2, 0) is 14.3 Å². The average Bonchev–Trinajstić information content (AvgIpc) is 2.51. The zero-order valence-electron chi connectivity index (χ0n) is 13.3. The number of ether oxygens (including phenoxy) is 3. The number of likely N-dealkylation sites (tertiary alicyclic amines) is 1. The van der Waals surface area contributed by atoms with Crippen molar-refractivity contribution in [2.24, 2.45) is 0 Å². The van der Waals surface area contributed by atoms with E-state index >= 15 is 0 Å². The maximum atomic E-state index is 12.2. The Morgan fingerprint density at radius 3 is 3.04 bits per heavy atom. The smallest absolute Gasteiger partial charge is 0.260 e. The number of hydrogen-bond acceptors (Lipinski definition) is 4. The highest BCUT2D eigenvalue weighted by atomic mass is 35.5. The SMILES string of the molecule is CCO[C@H]1CCOC2(C1)CN(C(=O)COc1cccc(Cl)c1)C2. The predicted molar refractivity (Wildman–Crippen MR) is 86.9 cm³/mol. The third-order valence-corrected chi connectivity index (χ3v) is 4.55. The molecule has 1 amide bonds. The molecular formula is C17H22ClNO4. The molecule has 0 unspecified atom stereocenters. The molecule has 6 heteroatoms. The first-order valence-corrected chi connectivity index (χ1v) is 8.40. The molecule has 0 aliphatic carbocycles. The molecule has 2 aliphatic heterocycles. The van der Waals surface area contributed by atoms with Crippen molar-refractivity contribution in [1.29, 1.82) is 0 Å². The van der Waals surface area contributed by atoms with Crippen molar-refractivity contribution in [2.75, 3.05) is 32.9 Å². The van der Waals surface area contributed by atoms with Gasteiger partial charge in [0, 0.05) is 24.7 Å².